The Morgan fingerprint density at radius 2 is 1.83 bits per heavy atom. The van der Waals surface area contributed by atoms with E-state index in [9.17, 15) is 9.59 Å². The fourth-order valence-corrected chi connectivity index (χ4v) is 4.34. The molecule has 0 unspecified atom stereocenters. The van der Waals surface area contributed by atoms with Crippen LogP contribution < -0.4 is 15.0 Å². The van der Waals surface area contributed by atoms with Crippen LogP contribution >= 0.6 is 22.9 Å². The number of ether oxygens (including phenoxy) is 1. The number of amides is 2. The van der Waals surface area contributed by atoms with Crippen molar-refractivity contribution in [2.24, 2.45) is 0 Å². The van der Waals surface area contributed by atoms with Crippen LogP contribution in [0.3, 0.4) is 0 Å². The van der Waals surface area contributed by atoms with E-state index < -0.39 is 5.91 Å². The molecule has 0 atom stereocenters. The minimum absolute atomic E-state index is 0.214. The van der Waals surface area contributed by atoms with Crippen molar-refractivity contribution in [2.45, 2.75) is 13.8 Å². The van der Waals surface area contributed by atoms with E-state index in [0.717, 1.165) is 5.56 Å². The van der Waals surface area contributed by atoms with Gasteiger partial charge in [-0.2, -0.15) is 0 Å². The molecule has 7 heteroatoms. The average molecular weight is 439 g/mol. The molecule has 1 aromatic heterocycles. The first kappa shape index (κ1) is 20.2. The number of halogens is 1. The van der Waals surface area contributed by atoms with Gasteiger partial charge in [-0.1, -0.05) is 29.8 Å². The van der Waals surface area contributed by atoms with Crippen LogP contribution in [0.15, 0.2) is 59.6 Å². The van der Waals surface area contributed by atoms with Crippen LogP contribution in [-0.2, 0) is 9.59 Å². The highest BCUT2D eigenvalue weighted by molar-refractivity contribution is 7.11. The molecule has 1 N–H and O–H groups in total. The van der Waals surface area contributed by atoms with Crippen molar-refractivity contribution in [1.29, 1.82) is 0 Å². The topological polar surface area (TPSA) is 58.6 Å². The molecule has 3 aromatic rings. The smallest absolute Gasteiger partial charge is 0.282 e. The molecule has 0 spiro atoms. The van der Waals surface area contributed by atoms with E-state index in [2.05, 4.69) is 5.32 Å². The van der Waals surface area contributed by atoms with E-state index in [-0.39, 0.29) is 11.6 Å². The van der Waals surface area contributed by atoms with Crippen molar-refractivity contribution in [2.75, 3.05) is 17.3 Å². The fourth-order valence-electron chi connectivity index (χ4n) is 3.41. The molecule has 2 heterocycles. The Bertz CT molecular complexity index is 1190. The molecule has 4 rings (SSSR count). The predicted molar refractivity (Wildman–Crippen MR) is 121 cm³/mol. The first-order valence-electron chi connectivity index (χ1n) is 9.26. The molecule has 1 aliphatic heterocycles. The normalized spacial score (nSPS) is 13.9. The first-order chi connectivity index (χ1) is 14.4. The van der Waals surface area contributed by atoms with Crippen LogP contribution in [0.5, 0.6) is 5.75 Å². The minimum Gasteiger partial charge on any atom is -0.495 e. The zero-order valence-electron chi connectivity index (χ0n) is 16.7. The van der Waals surface area contributed by atoms with E-state index in [1.165, 1.54) is 16.2 Å². The van der Waals surface area contributed by atoms with Gasteiger partial charge in [0.05, 0.1) is 24.1 Å². The van der Waals surface area contributed by atoms with Crippen molar-refractivity contribution >= 4 is 51.7 Å². The van der Waals surface area contributed by atoms with E-state index >= 15 is 0 Å². The monoisotopic (exact) mass is 438 g/mol. The summed E-state index contributed by atoms with van der Waals surface area (Å²) >= 11 is 7.66. The van der Waals surface area contributed by atoms with Crippen LogP contribution in [0.25, 0.3) is 5.57 Å². The molecule has 0 saturated carbocycles. The molecule has 2 amide bonds. The number of imide groups is 1. The van der Waals surface area contributed by atoms with Crippen molar-refractivity contribution in [3.8, 4) is 5.75 Å². The SMILES string of the molecule is COc1ccc(C)cc1NC1=C(c2cccs2)C(=O)N(c2cccc(Cl)c2C)C1=O. The van der Waals surface area contributed by atoms with Gasteiger partial charge in [-0.15, -0.1) is 11.3 Å². The quantitative estimate of drug-likeness (QED) is 0.540. The molecule has 0 bridgehead atoms. The van der Waals surface area contributed by atoms with Gasteiger partial charge in [0, 0.05) is 9.90 Å². The Morgan fingerprint density at radius 3 is 2.53 bits per heavy atom. The van der Waals surface area contributed by atoms with Crippen molar-refractivity contribution < 1.29 is 14.3 Å². The van der Waals surface area contributed by atoms with Crippen LogP contribution in [-0.4, -0.2) is 18.9 Å². The lowest BCUT2D eigenvalue weighted by Crippen LogP contribution is -2.33. The Balaban J connectivity index is 1.85. The molecule has 30 heavy (non-hydrogen) atoms. The Labute approximate surface area is 183 Å². The van der Waals surface area contributed by atoms with E-state index in [4.69, 9.17) is 16.3 Å². The highest BCUT2D eigenvalue weighted by atomic mass is 35.5. The number of methoxy groups -OCH3 is 1. The lowest BCUT2D eigenvalue weighted by Gasteiger charge is -2.18. The fraction of sp³-hybridized carbons (Fsp3) is 0.130. The number of thiophene rings is 1. The molecule has 0 aliphatic carbocycles. The van der Waals surface area contributed by atoms with E-state index in [1.807, 2.05) is 42.6 Å². The summed E-state index contributed by atoms with van der Waals surface area (Å²) < 4.78 is 5.44. The standard InChI is InChI=1S/C23H19ClN2O3S/c1-13-9-10-18(29-3)16(12-13)25-21-20(19-8-5-11-30-19)22(27)26(23(21)28)17-7-4-6-15(24)14(17)2/h4-12,25H,1-3H3. The third-order valence-electron chi connectivity index (χ3n) is 4.95. The third-order valence-corrected chi connectivity index (χ3v) is 6.24. The second kappa shape index (κ2) is 7.97. The van der Waals surface area contributed by atoms with Gasteiger partial charge < -0.3 is 10.1 Å². The number of nitrogens with zero attached hydrogens (tertiary/aromatic N) is 1. The van der Waals surface area contributed by atoms with Gasteiger partial charge in [0.15, 0.2) is 0 Å². The highest BCUT2D eigenvalue weighted by Gasteiger charge is 2.41. The Morgan fingerprint density at radius 1 is 1.03 bits per heavy atom. The van der Waals surface area contributed by atoms with Gasteiger partial charge >= 0.3 is 0 Å². The van der Waals surface area contributed by atoms with E-state index in [0.29, 0.717) is 38.2 Å². The summed E-state index contributed by atoms with van der Waals surface area (Å²) in [6.07, 6.45) is 0. The number of carbonyl (C=O) groups excluding carboxylic acids is 2. The summed E-state index contributed by atoms with van der Waals surface area (Å²) in [6, 6.07) is 14.5. The minimum atomic E-state index is -0.433. The molecule has 0 saturated heterocycles. The van der Waals surface area contributed by atoms with Crippen LogP contribution in [0.2, 0.25) is 5.02 Å². The molecule has 0 radical (unpaired) electrons. The third kappa shape index (κ3) is 3.38. The Kier molecular flexibility index (Phi) is 5.37. The van der Waals surface area contributed by atoms with Gasteiger partial charge in [-0.05, 0) is 60.7 Å². The predicted octanol–water partition coefficient (Wildman–Crippen LogP) is 5.42. The number of aryl methyl sites for hydroxylation is 1. The number of benzene rings is 2. The van der Waals surface area contributed by atoms with Crippen molar-refractivity contribution in [1.82, 2.24) is 0 Å². The highest BCUT2D eigenvalue weighted by Crippen LogP contribution is 2.39. The summed E-state index contributed by atoms with van der Waals surface area (Å²) in [6.45, 7) is 3.74. The lowest BCUT2D eigenvalue weighted by molar-refractivity contribution is -0.120. The van der Waals surface area contributed by atoms with Gasteiger partial charge in [-0.25, -0.2) is 4.90 Å². The second-order valence-corrected chi connectivity index (χ2v) is 8.24. The number of hydrogen-bond acceptors (Lipinski definition) is 5. The molecule has 0 fully saturated rings. The summed E-state index contributed by atoms with van der Waals surface area (Å²) in [4.78, 5) is 28.8. The number of hydrogen-bond donors (Lipinski definition) is 1. The molecular weight excluding hydrogens is 420 g/mol. The number of rotatable bonds is 5. The maximum Gasteiger partial charge on any atom is 0.282 e. The summed E-state index contributed by atoms with van der Waals surface area (Å²) in [7, 11) is 1.56. The summed E-state index contributed by atoms with van der Waals surface area (Å²) in [5.41, 5.74) is 3.30. The average Bonchev–Trinajstić information content (AvgIpc) is 3.32. The van der Waals surface area contributed by atoms with Gasteiger partial charge in [0.1, 0.15) is 11.4 Å². The van der Waals surface area contributed by atoms with Gasteiger partial charge in [0.25, 0.3) is 11.8 Å². The van der Waals surface area contributed by atoms with Gasteiger partial charge in [0.2, 0.25) is 0 Å². The van der Waals surface area contributed by atoms with Crippen LogP contribution in [0.4, 0.5) is 11.4 Å². The lowest BCUT2D eigenvalue weighted by atomic mass is 10.1. The van der Waals surface area contributed by atoms with Crippen LogP contribution in [0.1, 0.15) is 16.0 Å². The number of anilines is 2. The zero-order valence-corrected chi connectivity index (χ0v) is 18.2. The second-order valence-electron chi connectivity index (χ2n) is 6.89. The van der Waals surface area contributed by atoms with Crippen LogP contribution in [0, 0.1) is 13.8 Å². The largest absolute Gasteiger partial charge is 0.495 e. The van der Waals surface area contributed by atoms with Gasteiger partial charge in [-0.3, -0.25) is 9.59 Å². The van der Waals surface area contributed by atoms with Crippen molar-refractivity contribution in [3.05, 3.63) is 80.6 Å². The number of nitrogens with one attached hydrogen (secondary N) is 1. The first-order valence-corrected chi connectivity index (χ1v) is 10.5. The van der Waals surface area contributed by atoms with E-state index in [1.54, 1.807) is 32.2 Å². The summed E-state index contributed by atoms with van der Waals surface area (Å²) in [5.74, 6) is -0.240. The maximum atomic E-state index is 13.5. The molecule has 152 valence electrons. The zero-order chi connectivity index (χ0) is 21.4. The molecule has 2 aromatic carbocycles. The summed E-state index contributed by atoms with van der Waals surface area (Å²) in [5, 5.41) is 5.54. The molecular formula is C23H19ClN2O3S. The number of carbonyl (C=O) groups is 2. The molecule has 5 nitrogen and oxygen atoms in total. The maximum absolute atomic E-state index is 13.5. The Hall–Kier alpha value is -3.09. The molecule has 1 aliphatic rings. The van der Waals surface area contributed by atoms with Crippen molar-refractivity contribution in [3.63, 3.8) is 0 Å².